The summed E-state index contributed by atoms with van der Waals surface area (Å²) in [6.07, 6.45) is 3.52. The summed E-state index contributed by atoms with van der Waals surface area (Å²) in [4.78, 5) is 16.7. The molecular weight excluding hydrogens is 232 g/mol. The van der Waals surface area contributed by atoms with Gasteiger partial charge in [-0.3, -0.25) is 10.1 Å². The molecule has 1 atom stereocenters. The Morgan fingerprint density at radius 2 is 2.22 bits per heavy atom. The average Bonchev–Trinajstić information content (AvgIpc) is 2.39. The van der Waals surface area contributed by atoms with E-state index in [0.29, 0.717) is 11.7 Å². The van der Waals surface area contributed by atoms with Crippen LogP contribution >= 0.6 is 0 Å². The van der Waals surface area contributed by atoms with Gasteiger partial charge in [-0.05, 0) is 31.7 Å². The molecule has 6 heteroatoms. The van der Waals surface area contributed by atoms with Gasteiger partial charge in [-0.2, -0.15) is 0 Å². The lowest BCUT2D eigenvalue weighted by Crippen LogP contribution is -2.40. The Kier molecular flexibility index (Phi) is 3.76. The van der Waals surface area contributed by atoms with Crippen LogP contribution in [0.4, 0.5) is 11.5 Å². The fourth-order valence-corrected chi connectivity index (χ4v) is 2.41. The molecule has 1 aliphatic rings. The van der Waals surface area contributed by atoms with Crippen LogP contribution in [0.25, 0.3) is 0 Å². The minimum Gasteiger partial charge on any atom is -0.351 e. The Morgan fingerprint density at radius 1 is 1.56 bits per heavy atom. The number of nitrogens with two attached hydrogens (primary N) is 1. The molecule has 0 radical (unpaired) electrons. The van der Waals surface area contributed by atoms with E-state index in [-0.39, 0.29) is 16.7 Å². The van der Waals surface area contributed by atoms with Crippen LogP contribution in [-0.4, -0.2) is 29.0 Å². The number of hydrogen-bond donors (Lipinski definition) is 1. The number of aromatic nitrogens is 1. The maximum Gasteiger partial charge on any atom is 0.311 e. The predicted molar refractivity (Wildman–Crippen MR) is 69.5 cm³/mol. The van der Waals surface area contributed by atoms with Crippen molar-refractivity contribution in [1.29, 1.82) is 0 Å². The summed E-state index contributed by atoms with van der Waals surface area (Å²) in [6.45, 7) is 3.58. The largest absolute Gasteiger partial charge is 0.351 e. The summed E-state index contributed by atoms with van der Waals surface area (Å²) in [5, 5.41) is 11.0. The van der Waals surface area contributed by atoms with Crippen LogP contribution in [0.5, 0.6) is 0 Å². The number of pyridine rings is 1. The molecule has 1 aliphatic heterocycles. The number of nitro groups is 1. The summed E-state index contributed by atoms with van der Waals surface area (Å²) in [6, 6.07) is 3.28. The molecule has 0 aromatic carbocycles. The van der Waals surface area contributed by atoms with Gasteiger partial charge in [-0.1, -0.05) is 0 Å². The minimum absolute atomic E-state index is 0.0803. The quantitative estimate of drug-likeness (QED) is 0.650. The van der Waals surface area contributed by atoms with E-state index in [1.54, 1.807) is 12.3 Å². The molecule has 2 rings (SSSR count). The van der Waals surface area contributed by atoms with Crippen molar-refractivity contribution < 1.29 is 4.92 Å². The zero-order valence-electron chi connectivity index (χ0n) is 10.5. The molecule has 2 heterocycles. The zero-order chi connectivity index (χ0) is 13.1. The van der Waals surface area contributed by atoms with Gasteiger partial charge in [0.2, 0.25) is 5.82 Å². The number of hydrogen-bond acceptors (Lipinski definition) is 5. The first-order valence-corrected chi connectivity index (χ1v) is 6.19. The molecule has 0 aliphatic carbocycles. The lowest BCUT2D eigenvalue weighted by molar-refractivity contribution is -0.384. The van der Waals surface area contributed by atoms with Gasteiger partial charge in [0, 0.05) is 31.4 Å². The number of piperidine rings is 1. The highest BCUT2D eigenvalue weighted by atomic mass is 16.6. The first-order valence-electron chi connectivity index (χ1n) is 6.19. The van der Waals surface area contributed by atoms with E-state index < -0.39 is 0 Å². The topological polar surface area (TPSA) is 85.3 Å². The van der Waals surface area contributed by atoms with Gasteiger partial charge in [0.1, 0.15) is 0 Å². The van der Waals surface area contributed by atoms with Crippen molar-refractivity contribution in [2.45, 2.75) is 25.8 Å². The Morgan fingerprint density at radius 3 is 2.78 bits per heavy atom. The lowest BCUT2D eigenvalue weighted by atomic mass is 9.91. The van der Waals surface area contributed by atoms with E-state index in [4.69, 9.17) is 5.73 Å². The molecule has 1 unspecified atom stereocenters. The molecule has 2 N–H and O–H groups in total. The van der Waals surface area contributed by atoms with Crippen LogP contribution in [0.3, 0.4) is 0 Å². The zero-order valence-corrected chi connectivity index (χ0v) is 10.5. The average molecular weight is 250 g/mol. The van der Waals surface area contributed by atoms with Crippen molar-refractivity contribution >= 4 is 11.5 Å². The molecule has 1 saturated heterocycles. The number of rotatable bonds is 3. The van der Waals surface area contributed by atoms with Gasteiger partial charge in [-0.25, -0.2) is 4.98 Å². The Balaban J connectivity index is 2.12. The van der Waals surface area contributed by atoms with E-state index >= 15 is 0 Å². The monoisotopic (exact) mass is 250 g/mol. The molecule has 0 saturated carbocycles. The maximum absolute atomic E-state index is 11.0. The highest BCUT2D eigenvalue weighted by Crippen LogP contribution is 2.29. The third-order valence-electron chi connectivity index (χ3n) is 3.55. The Bertz CT molecular complexity index is 428. The fraction of sp³-hybridized carbons (Fsp3) is 0.583. The third kappa shape index (κ3) is 2.59. The van der Waals surface area contributed by atoms with Crippen LogP contribution in [0.15, 0.2) is 18.3 Å². The molecule has 1 aromatic rings. The lowest BCUT2D eigenvalue weighted by Gasteiger charge is -2.34. The summed E-state index contributed by atoms with van der Waals surface area (Å²) in [5.74, 6) is 0.981. The Hall–Kier alpha value is -1.69. The molecule has 98 valence electrons. The van der Waals surface area contributed by atoms with Crippen molar-refractivity contribution in [1.82, 2.24) is 4.98 Å². The molecule has 1 aromatic heterocycles. The fourth-order valence-electron chi connectivity index (χ4n) is 2.41. The summed E-state index contributed by atoms with van der Waals surface area (Å²) >= 11 is 0. The maximum atomic E-state index is 11.0. The van der Waals surface area contributed by atoms with E-state index in [2.05, 4.69) is 4.98 Å². The molecule has 0 amide bonds. The number of nitrogens with zero attached hydrogens (tertiary/aromatic N) is 3. The van der Waals surface area contributed by atoms with Gasteiger partial charge >= 0.3 is 5.69 Å². The smallest absolute Gasteiger partial charge is 0.311 e. The van der Waals surface area contributed by atoms with Gasteiger partial charge in [0.15, 0.2) is 0 Å². The summed E-state index contributed by atoms with van der Waals surface area (Å²) < 4.78 is 0. The van der Waals surface area contributed by atoms with E-state index in [1.165, 1.54) is 6.07 Å². The van der Waals surface area contributed by atoms with Gasteiger partial charge < -0.3 is 10.6 Å². The molecule has 1 fully saturated rings. The SMILES string of the molecule is CC(N)C1CCN(c2ncccc2[N+](=O)[O-])CC1. The summed E-state index contributed by atoms with van der Waals surface area (Å²) in [7, 11) is 0. The highest BCUT2D eigenvalue weighted by Gasteiger charge is 2.26. The van der Waals surface area contributed by atoms with Crippen molar-refractivity contribution in [3.05, 3.63) is 28.4 Å². The van der Waals surface area contributed by atoms with Gasteiger partial charge in [0.05, 0.1) is 4.92 Å². The molecule has 0 bridgehead atoms. The van der Waals surface area contributed by atoms with Crippen molar-refractivity contribution in [2.75, 3.05) is 18.0 Å². The van der Waals surface area contributed by atoms with Crippen LogP contribution < -0.4 is 10.6 Å². The second-order valence-electron chi connectivity index (χ2n) is 4.79. The second kappa shape index (κ2) is 5.30. The predicted octanol–water partition coefficient (Wildman–Crippen LogP) is 1.55. The standard InChI is InChI=1S/C12H18N4O2/c1-9(13)10-4-7-15(8-5-10)12-11(16(17)18)3-2-6-14-12/h2-3,6,9-10H,4-5,7-8,13H2,1H3. The van der Waals surface area contributed by atoms with E-state index in [1.807, 2.05) is 11.8 Å². The number of anilines is 1. The van der Waals surface area contributed by atoms with Gasteiger partial charge in [0.25, 0.3) is 0 Å². The van der Waals surface area contributed by atoms with E-state index in [0.717, 1.165) is 25.9 Å². The normalized spacial score (nSPS) is 18.7. The summed E-state index contributed by atoms with van der Waals surface area (Å²) in [5.41, 5.74) is 5.97. The first kappa shape index (κ1) is 12.8. The van der Waals surface area contributed by atoms with Crippen molar-refractivity contribution in [2.24, 2.45) is 11.7 Å². The second-order valence-corrected chi connectivity index (χ2v) is 4.79. The molecule has 18 heavy (non-hydrogen) atoms. The molecule has 0 spiro atoms. The van der Waals surface area contributed by atoms with E-state index in [9.17, 15) is 10.1 Å². The van der Waals surface area contributed by atoms with Crippen molar-refractivity contribution in [3.63, 3.8) is 0 Å². The van der Waals surface area contributed by atoms with Crippen LogP contribution in [0.1, 0.15) is 19.8 Å². The Labute approximate surface area is 106 Å². The van der Waals surface area contributed by atoms with Crippen LogP contribution in [0, 0.1) is 16.0 Å². The van der Waals surface area contributed by atoms with Crippen LogP contribution in [0.2, 0.25) is 0 Å². The molecule has 6 nitrogen and oxygen atoms in total. The first-order chi connectivity index (χ1) is 8.59. The highest BCUT2D eigenvalue weighted by molar-refractivity contribution is 5.57. The minimum atomic E-state index is -0.375. The molecular formula is C12H18N4O2. The third-order valence-corrected chi connectivity index (χ3v) is 3.55. The van der Waals surface area contributed by atoms with Crippen molar-refractivity contribution in [3.8, 4) is 0 Å². The van der Waals surface area contributed by atoms with Crippen LogP contribution in [-0.2, 0) is 0 Å². The van der Waals surface area contributed by atoms with Gasteiger partial charge in [-0.15, -0.1) is 0 Å².